The van der Waals surface area contributed by atoms with Gasteiger partial charge in [-0.2, -0.15) is 0 Å². The number of ether oxygens (including phenoxy) is 1. The van der Waals surface area contributed by atoms with Crippen molar-refractivity contribution in [1.82, 2.24) is 20.8 Å². The van der Waals surface area contributed by atoms with Gasteiger partial charge in [-0.25, -0.2) is 18.3 Å². The molecule has 0 saturated carbocycles. The zero-order chi connectivity index (χ0) is 24.7. The molecule has 188 valence electrons. The van der Waals surface area contributed by atoms with E-state index >= 15 is 0 Å². The Morgan fingerprint density at radius 1 is 1.03 bits per heavy atom. The van der Waals surface area contributed by atoms with Gasteiger partial charge in [-0.05, 0) is 49.0 Å². The van der Waals surface area contributed by atoms with Crippen molar-refractivity contribution in [3.8, 4) is 5.75 Å². The van der Waals surface area contributed by atoms with Crippen molar-refractivity contribution >= 4 is 22.3 Å². The van der Waals surface area contributed by atoms with Crippen LogP contribution < -0.4 is 20.4 Å². The molecule has 2 aliphatic heterocycles. The molecule has 2 aliphatic rings. The zero-order valence-electron chi connectivity index (χ0n) is 20.4. The molecule has 0 spiro atoms. The number of para-hydroxylation sites is 1. The molecule has 1 atom stereocenters. The molecule has 9 heteroatoms. The molecular formula is C26H35N5O3S. The molecule has 8 nitrogen and oxygen atoms in total. The third-order valence-corrected chi connectivity index (χ3v) is 6.93. The summed E-state index contributed by atoms with van der Waals surface area (Å²) in [6, 6.07) is 16.8. The van der Waals surface area contributed by atoms with E-state index in [0.29, 0.717) is 6.54 Å². The molecule has 0 aliphatic carbocycles. The monoisotopic (exact) mass is 497 g/mol. The maximum absolute atomic E-state index is 10.5. The number of nitrogens with one attached hydrogen (secondary N) is 3. The standard InChI is InChI=1S/C26H35N5O3S/c1-3-16-26(4-2)19-23(22-10-6-7-11-24(22)34-26)20-12-14-21(15-13-20)25-28-30-31(29-25)18-9-5-8-17-27-35(32)33/h6-7,10-15,19,30,35H,3-5,8-9,16-18H2,1-2H3,(H,28,29)(H,27,32,33). The van der Waals surface area contributed by atoms with E-state index in [4.69, 9.17) is 4.74 Å². The molecule has 0 radical (unpaired) electrons. The first-order valence-electron chi connectivity index (χ1n) is 12.4. The highest BCUT2D eigenvalue weighted by atomic mass is 32.2. The van der Waals surface area contributed by atoms with Crippen molar-refractivity contribution < 1.29 is 13.2 Å². The molecule has 0 bridgehead atoms. The minimum absolute atomic E-state index is 0.277. The Morgan fingerprint density at radius 2 is 1.80 bits per heavy atom. The average Bonchev–Trinajstić information content (AvgIpc) is 3.35. The van der Waals surface area contributed by atoms with Crippen molar-refractivity contribution in [3.63, 3.8) is 0 Å². The maximum atomic E-state index is 10.5. The van der Waals surface area contributed by atoms with Gasteiger partial charge in [0, 0.05) is 17.7 Å². The van der Waals surface area contributed by atoms with E-state index < -0.39 is 10.9 Å². The van der Waals surface area contributed by atoms with Crippen LogP contribution in [0.25, 0.3) is 5.57 Å². The van der Waals surface area contributed by atoms with Gasteiger partial charge in [-0.15, -0.1) is 10.6 Å². The van der Waals surface area contributed by atoms with Crippen LogP contribution in [0.5, 0.6) is 5.75 Å². The Bertz CT molecular complexity index is 1140. The number of hydrazone groups is 1. The van der Waals surface area contributed by atoms with E-state index in [-0.39, 0.29) is 5.60 Å². The summed E-state index contributed by atoms with van der Waals surface area (Å²) in [6.07, 6.45) is 7.92. The molecule has 0 amide bonds. The highest BCUT2D eigenvalue weighted by Crippen LogP contribution is 2.42. The van der Waals surface area contributed by atoms with Gasteiger partial charge in [0.1, 0.15) is 11.4 Å². The molecule has 0 saturated heterocycles. The average molecular weight is 498 g/mol. The highest BCUT2D eigenvalue weighted by molar-refractivity contribution is 7.70. The minimum Gasteiger partial charge on any atom is -0.483 e. The van der Waals surface area contributed by atoms with E-state index in [9.17, 15) is 8.42 Å². The van der Waals surface area contributed by atoms with Crippen LogP contribution in [0.1, 0.15) is 69.1 Å². The first-order valence-corrected chi connectivity index (χ1v) is 13.6. The molecule has 4 rings (SSSR count). The van der Waals surface area contributed by atoms with Crippen molar-refractivity contribution in [1.29, 1.82) is 0 Å². The summed E-state index contributed by atoms with van der Waals surface area (Å²) < 4.78 is 30.0. The Labute approximate surface area is 209 Å². The summed E-state index contributed by atoms with van der Waals surface area (Å²) in [5.41, 5.74) is 10.4. The number of rotatable bonds is 12. The summed E-state index contributed by atoms with van der Waals surface area (Å²) in [7, 11) is -2.50. The number of thiol groups is 1. The number of fused-ring (bicyclic) bond motifs is 1. The van der Waals surface area contributed by atoms with Crippen LogP contribution in [0, 0.1) is 0 Å². The second-order valence-electron chi connectivity index (χ2n) is 8.94. The normalized spacial score (nSPS) is 19.1. The van der Waals surface area contributed by atoms with E-state index in [1.165, 1.54) is 5.57 Å². The fraction of sp³-hybridized carbons (Fsp3) is 0.423. The van der Waals surface area contributed by atoms with Crippen molar-refractivity contribution in [2.24, 2.45) is 5.10 Å². The fourth-order valence-corrected chi connectivity index (χ4v) is 4.91. The Morgan fingerprint density at radius 3 is 2.54 bits per heavy atom. The molecular weight excluding hydrogens is 462 g/mol. The first kappa shape index (κ1) is 25.2. The van der Waals surface area contributed by atoms with Crippen LogP contribution >= 0.6 is 0 Å². The van der Waals surface area contributed by atoms with E-state index in [1.54, 1.807) is 5.12 Å². The quantitative estimate of drug-likeness (QED) is 0.264. The van der Waals surface area contributed by atoms with E-state index in [2.05, 4.69) is 83.2 Å². The lowest BCUT2D eigenvalue weighted by Crippen LogP contribution is -2.39. The van der Waals surface area contributed by atoms with Gasteiger partial charge in [0.2, 0.25) is 10.9 Å². The second kappa shape index (κ2) is 11.7. The molecule has 2 aromatic carbocycles. The van der Waals surface area contributed by atoms with Gasteiger partial charge in [0.15, 0.2) is 5.84 Å². The number of amidine groups is 1. The second-order valence-corrected chi connectivity index (χ2v) is 9.77. The molecule has 0 fully saturated rings. The summed E-state index contributed by atoms with van der Waals surface area (Å²) in [6.45, 7) is 5.61. The number of hydrogen-bond donors (Lipinski definition) is 4. The van der Waals surface area contributed by atoms with Crippen LogP contribution in [0.4, 0.5) is 0 Å². The van der Waals surface area contributed by atoms with Crippen LogP contribution in [0.3, 0.4) is 0 Å². The lowest BCUT2D eigenvalue weighted by atomic mass is 9.84. The Kier molecular flexibility index (Phi) is 8.43. The Hall–Kier alpha value is -2.88. The smallest absolute Gasteiger partial charge is 0.201 e. The van der Waals surface area contributed by atoms with Crippen LogP contribution in [-0.4, -0.2) is 38.1 Å². The molecule has 0 aromatic heterocycles. The van der Waals surface area contributed by atoms with Crippen molar-refractivity contribution in [3.05, 3.63) is 71.3 Å². The van der Waals surface area contributed by atoms with Crippen LogP contribution in [-0.2, 0) is 10.9 Å². The predicted octanol–water partition coefficient (Wildman–Crippen LogP) is 3.73. The van der Waals surface area contributed by atoms with Crippen LogP contribution in [0.2, 0.25) is 0 Å². The third kappa shape index (κ3) is 6.22. The number of hydrogen-bond acceptors (Lipinski definition) is 7. The third-order valence-electron chi connectivity index (χ3n) is 6.45. The molecule has 1 unspecified atom stereocenters. The van der Waals surface area contributed by atoms with Crippen molar-refractivity contribution in [2.45, 2.75) is 58.0 Å². The van der Waals surface area contributed by atoms with Gasteiger partial charge in [-0.1, -0.05) is 69.2 Å². The van der Waals surface area contributed by atoms with E-state index in [0.717, 1.165) is 73.3 Å². The number of nitrogens with zero attached hydrogens (tertiary/aromatic N) is 2. The SMILES string of the molecule is CCCC1(CC)C=C(c2ccc(C3=NN(CCCCCN[SH](=O)=O)NN3)cc2)c2ccccc2O1. The van der Waals surface area contributed by atoms with Crippen LogP contribution in [0.15, 0.2) is 59.7 Å². The molecule has 2 aromatic rings. The van der Waals surface area contributed by atoms with Gasteiger partial charge in [-0.3, -0.25) is 5.43 Å². The Balaban J connectivity index is 1.44. The molecule has 3 N–H and O–H groups in total. The number of unbranched alkanes of at least 4 members (excludes halogenated alkanes) is 2. The predicted molar refractivity (Wildman–Crippen MR) is 140 cm³/mol. The summed E-state index contributed by atoms with van der Waals surface area (Å²) in [5, 5.41) is 6.40. The number of benzene rings is 2. The lowest BCUT2D eigenvalue weighted by Gasteiger charge is -2.36. The fourth-order valence-electron chi connectivity index (χ4n) is 4.57. The number of hydrazine groups is 2. The van der Waals surface area contributed by atoms with Crippen molar-refractivity contribution in [2.75, 3.05) is 13.1 Å². The first-order chi connectivity index (χ1) is 17.0. The largest absolute Gasteiger partial charge is 0.483 e. The van der Waals surface area contributed by atoms with Gasteiger partial charge in [0.25, 0.3) is 0 Å². The molecule has 2 heterocycles. The highest BCUT2D eigenvalue weighted by Gasteiger charge is 2.33. The summed E-state index contributed by atoms with van der Waals surface area (Å²) in [4.78, 5) is 0. The minimum atomic E-state index is -2.50. The van der Waals surface area contributed by atoms with E-state index in [1.807, 2.05) is 6.07 Å². The lowest BCUT2D eigenvalue weighted by molar-refractivity contribution is 0.101. The van der Waals surface area contributed by atoms with Gasteiger partial charge in [0.05, 0.1) is 6.54 Å². The maximum Gasteiger partial charge on any atom is 0.201 e. The zero-order valence-corrected chi connectivity index (χ0v) is 21.3. The van der Waals surface area contributed by atoms with Gasteiger partial charge >= 0.3 is 0 Å². The summed E-state index contributed by atoms with van der Waals surface area (Å²) >= 11 is 0. The van der Waals surface area contributed by atoms with Gasteiger partial charge < -0.3 is 4.74 Å². The molecule has 35 heavy (non-hydrogen) atoms. The summed E-state index contributed by atoms with van der Waals surface area (Å²) in [5.74, 6) is 1.72. The topological polar surface area (TPSA) is 95.1 Å².